The number of rotatable bonds is 4. The molecule has 1 N–H and O–H groups in total. The molecular formula is C24H21FN2S. The minimum atomic E-state index is -0.374. The topological polar surface area (TPSA) is 28.7 Å². The molecule has 0 radical (unpaired) electrons. The van der Waals surface area contributed by atoms with Crippen LogP contribution in [0.15, 0.2) is 60.0 Å². The van der Waals surface area contributed by atoms with Crippen LogP contribution in [0.3, 0.4) is 0 Å². The van der Waals surface area contributed by atoms with Crippen LogP contribution in [0.25, 0.3) is 22.0 Å². The normalized spacial score (nSPS) is 15.5. The highest BCUT2D eigenvalue weighted by Crippen LogP contribution is 2.46. The Morgan fingerprint density at radius 1 is 1.07 bits per heavy atom. The van der Waals surface area contributed by atoms with E-state index in [-0.39, 0.29) is 5.95 Å². The number of allylic oxidation sites excluding steroid dienone is 1. The van der Waals surface area contributed by atoms with Crippen molar-refractivity contribution in [1.29, 1.82) is 0 Å². The van der Waals surface area contributed by atoms with Crippen molar-refractivity contribution >= 4 is 33.4 Å². The minimum Gasteiger partial charge on any atom is -0.252 e. The molecule has 0 unspecified atom stereocenters. The van der Waals surface area contributed by atoms with Gasteiger partial charge in [0.15, 0.2) is 0 Å². The van der Waals surface area contributed by atoms with E-state index in [1.54, 1.807) is 11.3 Å². The summed E-state index contributed by atoms with van der Waals surface area (Å²) in [6.07, 6.45) is 3.70. The van der Waals surface area contributed by atoms with Gasteiger partial charge in [-0.3, -0.25) is 5.10 Å². The average Bonchev–Trinajstić information content (AvgIpc) is 3.26. The molecule has 0 spiro atoms. The predicted octanol–water partition coefficient (Wildman–Crippen LogP) is 6.83. The van der Waals surface area contributed by atoms with Crippen LogP contribution >= 0.6 is 11.3 Å². The fraction of sp³-hybridized carbons (Fsp3) is 0.208. The number of benzene rings is 2. The highest BCUT2D eigenvalue weighted by molar-refractivity contribution is 7.10. The van der Waals surface area contributed by atoms with Gasteiger partial charge < -0.3 is 0 Å². The first kappa shape index (κ1) is 17.4. The molecule has 2 aromatic heterocycles. The van der Waals surface area contributed by atoms with Crippen molar-refractivity contribution in [2.24, 2.45) is 5.92 Å². The molecule has 0 amide bonds. The molecule has 1 aliphatic carbocycles. The minimum absolute atomic E-state index is 0.374. The van der Waals surface area contributed by atoms with Crippen molar-refractivity contribution in [2.75, 3.05) is 0 Å². The molecule has 2 heterocycles. The third-order valence-corrected chi connectivity index (χ3v) is 6.64. The molecule has 140 valence electrons. The van der Waals surface area contributed by atoms with Crippen LogP contribution in [-0.4, -0.2) is 10.2 Å². The molecular weight excluding hydrogens is 367 g/mol. The van der Waals surface area contributed by atoms with Gasteiger partial charge in [-0.25, -0.2) is 0 Å². The SMILES string of the molecule is Cc1sccc1/C(=C(\c1ccccc1)c1ccc2n[nH]c(F)c2c1)C1CCC1. The molecule has 28 heavy (non-hydrogen) atoms. The smallest absolute Gasteiger partial charge is 0.216 e. The van der Waals surface area contributed by atoms with Gasteiger partial charge in [0.25, 0.3) is 0 Å². The lowest BCUT2D eigenvalue weighted by Crippen LogP contribution is -2.15. The van der Waals surface area contributed by atoms with E-state index in [0.717, 1.165) is 5.56 Å². The Labute approximate surface area is 167 Å². The van der Waals surface area contributed by atoms with Crippen LogP contribution < -0.4 is 0 Å². The molecule has 2 aromatic carbocycles. The summed E-state index contributed by atoms with van der Waals surface area (Å²) in [5.74, 6) is 0.176. The molecule has 4 heteroatoms. The van der Waals surface area contributed by atoms with E-state index in [4.69, 9.17) is 0 Å². The molecule has 0 aliphatic heterocycles. The largest absolute Gasteiger partial charge is 0.252 e. The maximum Gasteiger partial charge on any atom is 0.216 e. The van der Waals surface area contributed by atoms with E-state index < -0.39 is 0 Å². The summed E-state index contributed by atoms with van der Waals surface area (Å²) < 4.78 is 14.2. The first-order valence-electron chi connectivity index (χ1n) is 9.70. The Morgan fingerprint density at radius 3 is 2.57 bits per heavy atom. The zero-order valence-electron chi connectivity index (χ0n) is 15.7. The van der Waals surface area contributed by atoms with E-state index in [1.165, 1.54) is 46.4 Å². The molecule has 4 aromatic rings. The lowest BCUT2D eigenvalue weighted by Gasteiger charge is -2.31. The second kappa shape index (κ2) is 7.02. The van der Waals surface area contributed by atoms with Crippen molar-refractivity contribution in [2.45, 2.75) is 26.2 Å². The molecule has 0 atom stereocenters. The summed E-state index contributed by atoms with van der Waals surface area (Å²) >= 11 is 1.79. The van der Waals surface area contributed by atoms with Gasteiger partial charge in [0.05, 0.1) is 10.9 Å². The van der Waals surface area contributed by atoms with Crippen molar-refractivity contribution in [3.05, 3.63) is 87.5 Å². The number of nitrogens with one attached hydrogen (secondary N) is 1. The lowest BCUT2D eigenvalue weighted by atomic mass is 9.73. The van der Waals surface area contributed by atoms with Gasteiger partial charge in [-0.2, -0.15) is 9.49 Å². The van der Waals surface area contributed by atoms with Crippen molar-refractivity contribution in [3.8, 4) is 0 Å². The van der Waals surface area contributed by atoms with Gasteiger partial charge >= 0.3 is 0 Å². The number of H-pyrrole nitrogens is 1. The van der Waals surface area contributed by atoms with Crippen LogP contribution in [0.2, 0.25) is 0 Å². The number of nitrogens with zero attached hydrogens (tertiary/aromatic N) is 1. The van der Waals surface area contributed by atoms with Crippen molar-refractivity contribution in [1.82, 2.24) is 10.2 Å². The predicted molar refractivity (Wildman–Crippen MR) is 115 cm³/mol. The highest BCUT2D eigenvalue weighted by atomic mass is 32.1. The fourth-order valence-corrected chi connectivity index (χ4v) is 4.85. The summed E-state index contributed by atoms with van der Waals surface area (Å²) in [5.41, 5.74) is 6.84. The Kier molecular flexibility index (Phi) is 4.36. The van der Waals surface area contributed by atoms with Crippen LogP contribution in [0.5, 0.6) is 0 Å². The number of hydrogen-bond acceptors (Lipinski definition) is 2. The van der Waals surface area contributed by atoms with Crippen LogP contribution in [0, 0.1) is 18.8 Å². The van der Waals surface area contributed by atoms with E-state index in [9.17, 15) is 4.39 Å². The van der Waals surface area contributed by atoms with Gasteiger partial charge in [0.2, 0.25) is 5.95 Å². The summed E-state index contributed by atoms with van der Waals surface area (Å²) in [7, 11) is 0. The van der Waals surface area contributed by atoms with E-state index >= 15 is 0 Å². The van der Waals surface area contributed by atoms with Crippen LogP contribution in [-0.2, 0) is 0 Å². The molecule has 1 aliphatic rings. The Morgan fingerprint density at radius 2 is 1.89 bits per heavy atom. The third-order valence-electron chi connectivity index (χ3n) is 5.79. The highest BCUT2D eigenvalue weighted by Gasteiger charge is 2.28. The Hall–Kier alpha value is -2.72. The molecule has 2 nitrogen and oxygen atoms in total. The Balaban J connectivity index is 1.83. The zero-order valence-corrected chi connectivity index (χ0v) is 16.5. The van der Waals surface area contributed by atoms with Gasteiger partial charge in [-0.05, 0) is 77.1 Å². The van der Waals surface area contributed by atoms with Gasteiger partial charge in [-0.1, -0.05) is 42.8 Å². The van der Waals surface area contributed by atoms with Crippen LogP contribution in [0.1, 0.15) is 40.8 Å². The number of halogens is 1. The first-order valence-corrected chi connectivity index (χ1v) is 10.6. The molecule has 5 rings (SSSR count). The number of aromatic amines is 1. The van der Waals surface area contributed by atoms with Gasteiger partial charge in [-0.15, -0.1) is 11.3 Å². The van der Waals surface area contributed by atoms with Gasteiger partial charge in [0, 0.05) is 4.88 Å². The standard InChI is InChI=1S/C24H21FN2S/c1-15-19(12-13-28-15)23(17-8-5-9-17)22(16-6-3-2-4-7-16)18-10-11-21-20(14-18)24(25)27-26-21/h2-4,6-7,10-14,17H,5,8-9H2,1H3,(H,26,27)/b23-22+. The molecule has 1 fully saturated rings. The monoisotopic (exact) mass is 388 g/mol. The summed E-state index contributed by atoms with van der Waals surface area (Å²) in [6.45, 7) is 2.19. The molecule has 1 saturated carbocycles. The first-order chi connectivity index (χ1) is 13.7. The number of aromatic nitrogens is 2. The van der Waals surface area contributed by atoms with E-state index in [1.807, 2.05) is 18.2 Å². The van der Waals surface area contributed by atoms with E-state index in [2.05, 4.69) is 58.9 Å². The summed E-state index contributed by atoms with van der Waals surface area (Å²) in [6, 6.07) is 18.7. The molecule has 0 saturated heterocycles. The fourth-order valence-electron chi connectivity index (χ4n) is 4.14. The summed E-state index contributed by atoms with van der Waals surface area (Å²) in [5, 5.41) is 9.22. The average molecular weight is 389 g/mol. The van der Waals surface area contributed by atoms with Crippen molar-refractivity contribution < 1.29 is 4.39 Å². The molecule has 0 bridgehead atoms. The Bertz CT molecular complexity index is 1170. The second-order valence-electron chi connectivity index (χ2n) is 7.44. The zero-order chi connectivity index (χ0) is 19.1. The van der Waals surface area contributed by atoms with Gasteiger partial charge in [0.1, 0.15) is 0 Å². The number of hydrogen-bond donors (Lipinski definition) is 1. The number of thiophene rings is 1. The van der Waals surface area contributed by atoms with E-state index in [0.29, 0.717) is 16.8 Å². The number of fused-ring (bicyclic) bond motifs is 1. The maximum atomic E-state index is 14.2. The quantitative estimate of drug-likeness (QED) is 0.408. The van der Waals surface area contributed by atoms with Crippen LogP contribution in [0.4, 0.5) is 4.39 Å². The summed E-state index contributed by atoms with van der Waals surface area (Å²) in [4.78, 5) is 1.34. The third kappa shape index (κ3) is 2.89. The maximum absolute atomic E-state index is 14.2. The second-order valence-corrected chi connectivity index (χ2v) is 8.56. The van der Waals surface area contributed by atoms with Crippen molar-refractivity contribution in [3.63, 3.8) is 0 Å². The number of aryl methyl sites for hydroxylation is 1. The lowest BCUT2D eigenvalue weighted by molar-refractivity contribution is 0.401.